The van der Waals surface area contributed by atoms with Gasteiger partial charge in [-0.2, -0.15) is 5.10 Å². The SMILES string of the molecule is Fc1cccc(F)c1Cn1nc(I)c2c(Cl)nccc21. The van der Waals surface area contributed by atoms with Gasteiger partial charge in [0.15, 0.2) is 0 Å². The number of fused-ring (bicyclic) bond motifs is 1. The van der Waals surface area contributed by atoms with E-state index in [0.717, 1.165) is 0 Å². The highest BCUT2D eigenvalue weighted by Gasteiger charge is 2.15. The average molecular weight is 406 g/mol. The van der Waals surface area contributed by atoms with Crippen LogP contribution in [0.4, 0.5) is 8.78 Å². The third-order valence-electron chi connectivity index (χ3n) is 2.95. The summed E-state index contributed by atoms with van der Waals surface area (Å²) in [5.41, 5.74) is 0.665. The summed E-state index contributed by atoms with van der Waals surface area (Å²) in [6, 6.07) is 5.50. The maximum atomic E-state index is 13.7. The summed E-state index contributed by atoms with van der Waals surface area (Å²) in [6.45, 7) is -0.00164. The predicted molar refractivity (Wildman–Crippen MR) is 80.7 cm³/mol. The topological polar surface area (TPSA) is 30.7 Å². The van der Waals surface area contributed by atoms with Crippen molar-refractivity contribution in [1.29, 1.82) is 0 Å². The first-order valence-corrected chi connectivity index (χ1v) is 7.13. The van der Waals surface area contributed by atoms with Crippen LogP contribution < -0.4 is 0 Å². The molecule has 3 rings (SSSR count). The molecule has 1 aromatic carbocycles. The maximum absolute atomic E-state index is 13.7. The number of hydrogen-bond donors (Lipinski definition) is 0. The minimum atomic E-state index is -0.594. The van der Waals surface area contributed by atoms with Crippen molar-refractivity contribution in [3.63, 3.8) is 0 Å². The Bertz CT molecular complexity index is 783. The van der Waals surface area contributed by atoms with E-state index in [4.69, 9.17) is 11.6 Å². The van der Waals surface area contributed by atoms with Gasteiger partial charge in [0.05, 0.1) is 17.4 Å². The molecule has 0 aliphatic heterocycles. The third-order valence-corrected chi connectivity index (χ3v) is 3.99. The summed E-state index contributed by atoms with van der Waals surface area (Å²) in [6.07, 6.45) is 1.54. The fraction of sp³-hybridized carbons (Fsp3) is 0.0769. The normalized spacial score (nSPS) is 11.2. The van der Waals surface area contributed by atoms with Crippen LogP contribution in [0.1, 0.15) is 5.56 Å². The Balaban J connectivity index is 2.15. The van der Waals surface area contributed by atoms with Crippen LogP contribution in [0.5, 0.6) is 0 Å². The van der Waals surface area contributed by atoms with Crippen molar-refractivity contribution in [3.8, 4) is 0 Å². The molecule has 3 aromatic rings. The van der Waals surface area contributed by atoms with Gasteiger partial charge >= 0.3 is 0 Å². The van der Waals surface area contributed by atoms with Crippen LogP contribution in [0.15, 0.2) is 30.5 Å². The third kappa shape index (κ3) is 2.26. The molecule has 0 aliphatic carbocycles. The molecule has 0 aliphatic rings. The fourth-order valence-electron chi connectivity index (χ4n) is 2.00. The number of hydrogen-bond acceptors (Lipinski definition) is 2. The number of rotatable bonds is 2. The van der Waals surface area contributed by atoms with Crippen molar-refractivity contribution in [2.45, 2.75) is 6.54 Å². The van der Waals surface area contributed by atoms with Crippen LogP contribution in [-0.4, -0.2) is 14.8 Å². The molecule has 0 bridgehead atoms. The van der Waals surface area contributed by atoms with Gasteiger partial charge in [-0.05, 0) is 40.8 Å². The molecule has 3 nitrogen and oxygen atoms in total. The first kappa shape index (κ1) is 13.7. The molecule has 7 heteroatoms. The zero-order chi connectivity index (χ0) is 14.3. The van der Waals surface area contributed by atoms with Crippen molar-refractivity contribution in [2.24, 2.45) is 0 Å². The van der Waals surface area contributed by atoms with Gasteiger partial charge in [0, 0.05) is 11.8 Å². The molecule has 0 saturated carbocycles. The van der Waals surface area contributed by atoms with Gasteiger partial charge in [-0.3, -0.25) is 4.68 Å². The summed E-state index contributed by atoms with van der Waals surface area (Å²) in [5.74, 6) is -1.19. The Morgan fingerprint density at radius 1 is 1.20 bits per heavy atom. The monoisotopic (exact) mass is 405 g/mol. The zero-order valence-corrected chi connectivity index (χ0v) is 12.9. The minimum absolute atomic E-state index is 0.00164. The van der Waals surface area contributed by atoms with Crippen LogP contribution in [0.2, 0.25) is 5.15 Å². The Labute approximate surface area is 131 Å². The van der Waals surface area contributed by atoms with Crippen molar-refractivity contribution in [1.82, 2.24) is 14.8 Å². The lowest BCUT2D eigenvalue weighted by Crippen LogP contribution is -2.06. The van der Waals surface area contributed by atoms with E-state index >= 15 is 0 Å². The number of nitrogens with zero attached hydrogens (tertiary/aromatic N) is 3. The van der Waals surface area contributed by atoms with Gasteiger partial charge in [-0.25, -0.2) is 13.8 Å². The van der Waals surface area contributed by atoms with Crippen LogP contribution in [0.25, 0.3) is 10.9 Å². The van der Waals surface area contributed by atoms with Crippen molar-refractivity contribution in [2.75, 3.05) is 0 Å². The fourth-order valence-corrected chi connectivity index (χ4v) is 3.19. The first-order chi connectivity index (χ1) is 9.58. The quantitative estimate of drug-likeness (QED) is 0.476. The highest BCUT2D eigenvalue weighted by Crippen LogP contribution is 2.27. The van der Waals surface area contributed by atoms with E-state index in [2.05, 4.69) is 10.1 Å². The number of pyridine rings is 1. The summed E-state index contributed by atoms with van der Waals surface area (Å²) in [5, 5.41) is 5.29. The van der Waals surface area contributed by atoms with E-state index in [9.17, 15) is 8.78 Å². The summed E-state index contributed by atoms with van der Waals surface area (Å²) < 4.78 is 29.6. The second kappa shape index (κ2) is 5.25. The Morgan fingerprint density at radius 3 is 2.60 bits per heavy atom. The average Bonchev–Trinajstić information content (AvgIpc) is 2.72. The molecule has 0 amide bonds. The number of halogens is 4. The van der Waals surface area contributed by atoms with E-state index in [0.29, 0.717) is 19.8 Å². The highest BCUT2D eigenvalue weighted by atomic mass is 127. The van der Waals surface area contributed by atoms with Gasteiger partial charge in [-0.1, -0.05) is 17.7 Å². The summed E-state index contributed by atoms with van der Waals surface area (Å²) >= 11 is 8.04. The standard InChI is InChI=1S/C13H7ClF2IN3/c14-12-11-10(4-5-18-12)20(19-13(11)17)6-7-8(15)2-1-3-9(7)16/h1-5H,6H2. The number of aromatic nitrogens is 3. The molecule has 102 valence electrons. The maximum Gasteiger partial charge on any atom is 0.141 e. The zero-order valence-electron chi connectivity index (χ0n) is 9.95. The molecule has 20 heavy (non-hydrogen) atoms. The van der Waals surface area contributed by atoms with Gasteiger partial charge in [0.25, 0.3) is 0 Å². The Morgan fingerprint density at radius 2 is 1.90 bits per heavy atom. The molecule has 0 saturated heterocycles. The van der Waals surface area contributed by atoms with E-state index in [1.54, 1.807) is 6.07 Å². The molecule has 0 atom stereocenters. The van der Waals surface area contributed by atoms with E-state index < -0.39 is 11.6 Å². The smallest absolute Gasteiger partial charge is 0.141 e. The lowest BCUT2D eigenvalue weighted by atomic mass is 10.2. The number of benzene rings is 1. The summed E-state index contributed by atoms with van der Waals surface area (Å²) in [4.78, 5) is 3.98. The minimum Gasteiger partial charge on any atom is -0.259 e. The molecule has 2 aromatic heterocycles. The molecule has 0 spiro atoms. The summed E-state index contributed by atoms with van der Waals surface area (Å²) in [7, 11) is 0. The van der Waals surface area contributed by atoms with Crippen LogP contribution in [-0.2, 0) is 6.54 Å². The second-order valence-electron chi connectivity index (χ2n) is 4.14. The Kier molecular flexibility index (Phi) is 3.59. The van der Waals surface area contributed by atoms with E-state index in [-0.39, 0.29) is 12.1 Å². The largest absolute Gasteiger partial charge is 0.259 e. The molecule has 0 unspecified atom stereocenters. The van der Waals surface area contributed by atoms with Gasteiger partial charge in [0.1, 0.15) is 20.5 Å². The first-order valence-electron chi connectivity index (χ1n) is 5.67. The predicted octanol–water partition coefficient (Wildman–Crippen LogP) is 4.02. The van der Waals surface area contributed by atoms with Gasteiger partial charge in [-0.15, -0.1) is 0 Å². The van der Waals surface area contributed by atoms with Crippen molar-refractivity contribution < 1.29 is 8.78 Å². The molecule has 0 fully saturated rings. The van der Waals surface area contributed by atoms with Crippen LogP contribution in [0.3, 0.4) is 0 Å². The molecular formula is C13H7ClF2IN3. The lowest BCUT2D eigenvalue weighted by Gasteiger charge is -2.06. The van der Waals surface area contributed by atoms with Crippen molar-refractivity contribution >= 4 is 45.1 Å². The molecule has 2 heterocycles. The van der Waals surface area contributed by atoms with E-state index in [1.807, 2.05) is 22.6 Å². The van der Waals surface area contributed by atoms with Crippen LogP contribution >= 0.6 is 34.2 Å². The van der Waals surface area contributed by atoms with Crippen molar-refractivity contribution in [3.05, 3.63) is 56.5 Å². The Hall–Kier alpha value is -1.28. The molecule has 0 N–H and O–H groups in total. The van der Waals surface area contributed by atoms with E-state index in [1.165, 1.54) is 29.1 Å². The highest BCUT2D eigenvalue weighted by molar-refractivity contribution is 14.1. The molecular weight excluding hydrogens is 399 g/mol. The second-order valence-corrected chi connectivity index (χ2v) is 5.52. The lowest BCUT2D eigenvalue weighted by molar-refractivity contribution is 0.536. The van der Waals surface area contributed by atoms with Crippen LogP contribution in [0, 0.1) is 15.3 Å². The van der Waals surface area contributed by atoms with Gasteiger partial charge in [0.2, 0.25) is 0 Å². The van der Waals surface area contributed by atoms with Gasteiger partial charge < -0.3 is 0 Å². The molecule has 0 radical (unpaired) electrons.